The Kier molecular flexibility index (Phi) is 5.65. The minimum Gasteiger partial charge on any atom is -0.492 e. The zero-order valence-electron chi connectivity index (χ0n) is 11.8. The Morgan fingerprint density at radius 2 is 2.14 bits per heavy atom. The molecule has 0 radical (unpaired) electrons. The van der Waals surface area contributed by atoms with Crippen molar-refractivity contribution in [1.29, 1.82) is 0 Å². The molecule has 0 saturated heterocycles. The van der Waals surface area contributed by atoms with Crippen molar-refractivity contribution in [3.63, 3.8) is 0 Å². The Morgan fingerprint density at radius 3 is 2.81 bits per heavy atom. The fraction of sp³-hybridized carbons (Fsp3) is 0.357. The quantitative estimate of drug-likeness (QED) is 0.817. The smallest absolute Gasteiger partial charge is 0.269 e. The van der Waals surface area contributed by atoms with E-state index in [1.807, 2.05) is 6.92 Å². The Hall–Kier alpha value is -1.99. The molecule has 2 rings (SSSR count). The fourth-order valence-electron chi connectivity index (χ4n) is 1.78. The maximum absolute atomic E-state index is 12.2. The molecule has 0 aliphatic heterocycles. The molecule has 0 aliphatic carbocycles. The van der Waals surface area contributed by atoms with E-state index < -0.39 is 0 Å². The van der Waals surface area contributed by atoms with Gasteiger partial charge in [0.2, 0.25) is 0 Å². The highest BCUT2D eigenvalue weighted by molar-refractivity contribution is 7.08. The van der Waals surface area contributed by atoms with E-state index in [1.165, 1.54) is 0 Å². The molecule has 1 amide bonds. The number of nitrogens with two attached hydrogens (primary N) is 1. The SMILES string of the molecule is CCCc1nnsc1C(=O)Nc1ccc(OCCN)cc1. The average molecular weight is 306 g/mol. The zero-order valence-corrected chi connectivity index (χ0v) is 12.7. The lowest BCUT2D eigenvalue weighted by Crippen LogP contribution is -2.13. The number of aromatic nitrogens is 2. The number of rotatable bonds is 7. The number of hydrogen-bond acceptors (Lipinski definition) is 6. The van der Waals surface area contributed by atoms with Gasteiger partial charge in [-0.2, -0.15) is 0 Å². The normalized spacial score (nSPS) is 10.4. The number of anilines is 1. The number of carbonyl (C=O) groups is 1. The second-order valence-corrected chi connectivity index (χ2v) is 5.17. The molecular formula is C14H18N4O2S. The predicted octanol–water partition coefficient (Wildman–Crippen LogP) is 2.08. The van der Waals surface area contributed by atoms with Gasteiger partial charge < -0.3 is 15.8 Å². The number of carbonyl (C=O) groups excluding carboxylic acids is 1. The van der Waals surface area contributed by atoms with E-state index in [4.69, 9.17) is 10.5 Å². The molecule has 0 bridgehead atoms. The zero-order chi connectivity index (χ0) is 15.1. The van der Waals surface area contributed by atoms with E-state index in [2.05, 4.69) is 14.9 Å². The first-order valence-electron chi connectivity index (χ1n) is 6.80. The molecule has 0 aliphatic rings. The van der Waals surface area contributed by atoms with Crippen molar-refractivity contribution < 1.29 is 9.53 Å². The molecule has 0 unspecified atom stereocenters. The van der Waals surface area contributed by atoms with E-state index in [1.54, 1.807) is 24.3 Å². The first-order chi connectivity index (χ1) is 10.2. The first-order valence-corrected chi connectivity index (χ1v) is 7.57. The lowest BCUT2D eigenvalue weighted by atomic mass is 10.2. The molecule has 112 valence electrons. The van der Waals surface area contributed by atoms with Crippen LogP contribution in [0.2, 0.25) is 0 Å². The Bertz CT molecular complexity index is 583. The monoisotopic (exact) mass is 306 g/mol. The van der Waals surface area contributed by atoms with Crippen LogP contribution in [0.3, 0.4) is 0 Å². The van der Waals surface area contributed by atoms with Crippen LogP contribution in [0.25, 0.3) is 0 Å². The lowest BCUT2D eigenvalue weighted by molar-refractivity contribution is 0.102. The minimum atomic E-state index is -0.177. The second-order valence-electron chi connectivity index (χ2n) is 4.41. The molecule has 0 atom stereocenters. The van der Waals surface area contributed by atoms with Crippen LogP contribution in [-0.4, -0.2) is 28.6 Å². The highest BCUT2D eigenvalue weighted by Gasteiger charge is 2.15. The molecule has 1 heterocycles. The standard InChI is InChI=1S/C14H18N4O2S/c1-2-3-12-13(21-18-17-12)14(19)16-10-4-6-11(7-5-10)20-9-8-15/h4-7H,2-3,8-9,15H2,1H3,(H,16,19). The van der Waals surface area contributed by atoms with E-state index in [-0.39, 0.29) is 5.91 Å². The van der Waals surface area contributed by atoms with Crippen LogP contribution in [0.5, 0.6) is 5.75 Å². The van der Waals surface area contributed by atoms with Crippen LogP contribution in [0, 0.1) is 0 Å². The molecular weight excluding hydrogens is 288 g/mol. The summed E-state index contributed by atoms with van der Waals surface area (Å²) in [6.07, 6.45) is 1.68. The van der Waals surface area contributed by atoms with Crippen molar-refractivity contribution >= 4 is 23.1 Å². The van der Waals surface area contributed by atoms with E-state index >= 15 is 0 Å². The summed E-state index contributed by atoms with van der Waals surface area (Å²) in [4.78, 5) is 12.8. The fourth-order valence-corrected chi connectivity index (χ4v) is 2.38. The van der Waals surface area contributed by atoms with Crippen LogP contribution < -0.4 is 15.8 Å². The van der Waals surface area contributed by atoms with Gasteiger partial charge >= 0.3 is 0 Å². The number of aryl methyl sites for hydroxylation is 1. The van der Waals surface area contributed by atoms with Gasteiger partial charge in [-0.05, 0) is 42.2 Å². The molecule has 0 saturated carbocycles. The molecule has 21 heavy (non-hydrogen) atoms. The first kappa shape index (κ1) is 15.4. The summed E-state index contributed by atoms with van der Waals surface area (Å²) in [6.45, 7) is 2.98. The third kappa shape index (κ3) is 4.24. The summed E-state index contributed by atoms with van der Waals surface area (Å²) in [7, 11) is 0. The average Bonchev–Trinajstić information content (AvgIpc) is 2.95. The lowest BCUT2D eigenvalue weighted by Gasteiger charge is -2.07. The van der Waals surface area contributed by atoms with Gasteiger partial charge in [-0.3, -0.25) is 4.79 Å². The van der Waals surface area contributed by atoms with Gasteiger partial charge in [0.25, 0.3) is 5.91 Å². The predicted molar refractivity (Wildman–Crippen MR) is 82.8 cm³/mol. The summed E-state index contributed by atoms with van der Waals surface area (Å²) in [6, 6.07) is 7.17. The van der Waals surface area contributed by atoms with Gasteiger partial charge in [0, 0.05) is 12.2 Å². The summed E-state index contributed by atoms with van der Waals surface area (Å²) in [5, 5.41) is 6.83. The molecule has 2 aromatic rings. The van der Waals surface area contributed by atoms with E-state index in [0.717, 1.165) is 35.8 Å². The molecule has 7 heteroatoms. The highest BCUT2D eigenvalue weighted by Crippen LogP contribution is 2.18. The number of benzene rings is 1. The largest absolute Gasteiger partial charge is 0.492 e. The summed E-state index contributed by atoms with van der Waals surface area (Å²) < 4.78 is 9.23. The topological polar surface area (TPSA) is 90.1 Å². The molecule has 1 aromatic heterocycles. The third-order valence-electron chi connectivity index (χ3n) is 2.75. The summed E-state index contributed by atoms with van der Waals surface area (Å²) in [5.41, 5.74) is 6.83. The molecule has 0 fully saturated rings. The number of ether oxygens (including phenoxy) is 1. The second kappa shape index (κ2) is 7.70. The highest BCUT2D eigenvalue weighted by atomic mass is 32.1. The van der Waals surface area contributed by atoms with Crippen molar-refractivity contribution in [3.8, 4) is 5.75 Å². The number of hydrogen-bond donors (Lipinski definition) is 2. The van der Waals surface area contributed by atoms with Crippen molar-refractivity contribution in [2.75, 3.05) is 18.5 Å². The number of nitrogens with one attached hydrogen (secondary N) is 1. The minimum absolute atomic E-state index is 0.177. The number of amides is 1. The third-order valence-corrected chi connectivity index (χ3v) is 3.51. The van der Waals surface area contributed by atoms with Crippen LogP contribution in [0.15, 0.2) is 24.3 Å². The van der Waals surface area contributed by atoms with Crippen LogP contribution in [0.1, 0.15) is 28.7 Å². The van der Waals surface area contributed by atoms with E-state index in [9.17, 15) is 4.79 Å². The van der Waals surface area contributed by atoms with Crippen LogP contribution >= 0.6 is 11.5 Å². The summed E-state index contributed by atoms with van der Waals surface area (Å²) >= 11 is 1.12. The van der Waals surface area contributed by atoms with Gasteiger partial charge in [-0.1, -0.05) is 17.8 Å². The van der Waals surface area contributed by atoms with Gasteiger partial charge in [-0.25, -0.2) is 0 Å². The Labute approximate surface area is 127 Å². The van der Waals surface area contributed by atoms with Gasteiger partial charge in [0.05, 0.1) is 5.69 Å². The van der Waals surface area contributed by atoms with Crippen LogP contribution in [0.4, 0.5) is 5.69 Å². The Balaban J connectivity index is 2.00. The van der Waals surface area contributed by atoms with Gasteiger partial charge in [0.15, 0.2) is 0 Å². The van der Waals surface area contributed by atoms with Crippen molar-refractivity contribution in [1.82, 2.24) is 9.59 Å². The Morgan fingerprint density at radius 1 is 1.38 bits per heavy atom. The van der Waals surface area contributed by atoms with E-state index in [0.29, 0.717) is 23.7 Å². The molecule has 6 nitrogen and oxygen atoms in total. The van der Waals surface area contributed by atoms with Gasteiger partial charge in [0.1, 0.15) is 17.2 Å². The van der Waals surface area contributed by atoms with Gasteiger partial charge in [-0.15, -0.1) is 5.10 Å². The maximum Gasteiger partial charge on any atom is 0.269 e. The summed E-state index contributed by atoms with van der Waals surface area (Å²) in [5.74, 6) is 0.550. The van der Waals surface area contributed by atoms with Crippen LogP contribution in [-0.2, 0) is 6.42 Å². The molecule has 0 spiro atoms. The number of nitrogens with zero attached hydrogens (tertiary/aromatic N) is 2. The molecule has 1 aromatic carbocycles. The maximum atomic E-state index is 12.2. The van der Waals surface area contributed by atoms with Crippen molar-refractivity contribution in [2.45, 2.75) is 19.8 Å². The molecule has 3 N–H and O–H groups in total. The van der Waals surface area contributed by atoms with Crippen molar-refractivity contribution in [3.05, 3.63) is 34.8 Å². The van der Waals surface area contributed by atoms with Crippen molar-refractivity contribution in [2.24, 2.45) is 5.73 Å².